The molecule has 1 aromatic rings. The smallest absolute Gasteiger partial charge is 0.224 e. The molecule has 2 atom stereocenters. The van der Waals surface area contributed by atoms with Crippen LogP contribution in [0.4, 0.5) is 0 Å². The molecule has 3 nitrogen and oxygen atoms in total. The van der Waals surface area contributed by atoms with E-state index < -0.39 is 6.10 Å². The Bertz CT molecular complexity index is 405. The molecule has 0 spiro atoms. The van der Waals surface area contributed by atoms with E-state index in [9.17, 15) is 9.90 Å². The predicted molar refractivity (Wildman–Crippen MR) is 71.6 cm³/mol. The van der Waals surface area contributed by atoms with Crippen LogP contribution in [-0.4, -0.2) is 23.2 Å². The Morgan fingerprint density at radius 1 is 1.28 bits per heavy atom. The van der Waals surface area contributed by atoms with E-state index in [1.54, 1.807) is 12.1 Å². The average molecular weight is 268 g/mol. The molecule has 2 N–H and O–H groups in total. The summed E-state index contributed by atoms with van der Waals surface area (Å²) in [6, 6.07) is 7.16. The van der Waals surface area contributed by atoms with Crippen LogP contribution < -0.4 is 5.32 Å². The standard InChI is InChI=1S/C14H18ClNO2/c15-11-7-5-10(6-8-11)9-14(18)16-12-3-1-2-4-13(12)17/h5-8,12-13,17H,1-4,9H2,(H,16,18)/t12-,13-/m1/s1. The fourth-order valence-electron chi connectivity index (χ4n) is 2.33. The van der Waals surface area contributed by atoms with E-state index in [-0.39, 0.29) is 11.9 Å². The normalized spacial score (nSPS) is 23.7. The SMILES string of the molecule is O=C(Cc1ccc(Cl)cc1)N[C@@H]1CCCC[C@H]1O. The topological polar surface area (TPSA) is 49.3 Å². The summed E-state index contributed by atoms with van der Waals surface area (Å²) in [5.41, 5.74) is 0.933. The van der Waals surface area contributed by atoms with Crippen LogP contribution in [0.1, 0.15) is 31.2 Å². The highest BCUT2D eigenvalue weighted by Crippen LogP contribution is 2.18. The number of carbonyl (C=O) groups excluding carboxylic acids is 1. The van der Waals surface area contributed by atoms with Crippen molar-refractivity contribution in [2.24, 2.45) is 0 Å². The maximum atomic E-state index is 11.9. The minimum Gasteiger partial charge on any atom is -0.391 e. The van der Waals surface area contributed by atoms with E-state index in [2.05, 4.69) is 5.32 Å². The maximum absolute atomic E-state index is 11.9. The molecule has 0 bridgehead atoms. The van der Waals surface area contributed by atoms with E-state index in [4.69, 9.17) is 11.6 Å². The monoisotopic (exact) mass is 267 g/mol. The summed E-state index contributed by atoms with van der Waals surface area (Å²) in [4.78, 5) is 11.9. The molecule has 1 fully saturated rings. The lowest BCUT2D eigenvalue weighted by molar-refractivity contribution is -0.122. The van der Waals surface area contributed by atoms with Gasteiger partial charge in [0.15, 0.2) is 0 Å². The lowest BCUT2D eigenvalue weighted by Crippen LogP contribution is -2.45. The number of rotatable bonds is 3. The van der Waals surface area contributed by atoms with Gasteiger partial charge in [0, 0.05) is 5.02 Å². The van der Waals surface area contributed by atoms with Crippen LogP contribution in [0.2, 0.25) is 5.02 Å². The first-order valence-electron chi connectivity index (χ1n) is 6.37. The van der Waals surface area contributed by atoms with Gasteiger partial charge in [-0.3, -0.25) is 4.79 Å². The fourth-order valence-corrected chi connectivity index (χ4v) is 2.45. The van der Waals surface area contributed by atoms with E-state index in [1.807, 2.05) is 12.1 Å². The molecule has 0 saturated heterocycles. The first-order chi connectivity index (χ1) is 8.65. The molecular weight excluding hydrogens is 250 g/mol. The van der Waals surface area contributed by atoms with Crippen LogP contribution in [0.5, 0.6) is 0 Å². The first-order valence-corrected chi connectivity index (χ1v) is 6.75. The Morgan fingerprint density at radius 2 is 1.94 bits per heavy atom. The number of halogens is 1. The number of hydrogen-bond donors (Lipinski definition) is 2. The van der Waals surface area contributed by atoms with Crippen LogP contribution in [-0.2, 0) is 11.2 Å². The molecule has 0 aromatic heterocycles. The maximum Gasteiger partial charge on any atom is 0.224 e. The number of nitrogens with one attached hydrogen (secondary N) is 1. The summed E-state index contributed by atoms with van der Waals surface area (Å²) < 4.78 is 0. The van der Waals surface area contributed by atoms with Crippen LogP contribution in [0.3, 0.4) is 0 Å². The summed E-state index contributed by atoms with van der Waals surface area (Å²) in [6.45, 7) is 0. The van der Waals surface area contributed by atoms with Crippen molar-refractivity contribution in [1.82, 2.24) is 5.32 Å². The molecule has 0 radical (unpaired) electrons. The van der Waals surface area contributed by atoms with Crippen molar-refractivity contribution in [3.63, 3.8) is 0 Å². The van der Waals surface area contributed by atoms with Gasteiger partial charge in [-0.1, -0.05) is 36.6 Å². The van der Waals surface area contributed by atoms with Gasteiger partial charge in [0.1, 0.15) is 0 Å². The largest absolute Gasteiger partial charge is 0.391 e. The molecule has 0 aliphatic heterocycles. The van der Waals surface area contributed by atoms with Gasteiger partial charge in [-0.15, -0.1) is 0 Å². The van der Waals surface area contributed by atoms with Gasteiger partial charge < -0.3 is 10.4 Å². The lowest BCUT2D eigenvalue weighted by atomic mass is 9.92. The van der Waals surface area contributed by atoms with Crippen molar-refractivity contribution in [2.75, 3.05) is 0 Å². The van der Waals surface area contributed by atoms with Crippen molar-refractivity contribution in [3.8, 4) is 0 Å². The zero-order chi connectivity index (χ0) is 13.0. The lowest BCUT2D eigenvalue weighted by Gasteiger charge is -2.28. The van der Waals surface area contributed by atoms with E-state index in [0.29, 0.717) is 11.4 Å². The Labute approximate surface area is 112 Å². The second kappa shape index (κ2) is 6.21. The predicted octanol–water partition coefficient (Wildman–Crippen LogP) is 2.30. The molecule has 4 heteroatoms. The molecule has 1 aromatic carbocycles. The van der Waals surface area contributed by atoms with Crippen LogP contribution in [0, 0.1) is 0 Å². The highest BCUT2D eigenvalue weighted by atomic mass is 35.5. The molecule has 1 aliphatic carbocycles. The summed E-state index contributed by atoms with van der Waals surface area (Å²) in [5.74, 6) is -0.0386. The van der Waals surface area contributed by atoms with Crippen molar-refractivity contribution in [1.29, 1.82) is 0 Å². The van der Waals surface area contributed by atoms with Crippen LogP contribution >= 0.6 is 11.6 Å². The second-order valence-electron chi connectivity index (χ2n) is 4.83. The van der Waals surface area contributed by atoms with Gasteiger partial charge in [0.25, 0.3) is 0 Å². The van der Waals surface area contributed by atoms with Gasteiger partial charge in [-0.05, 0) is 30.5 Å². The van der Waals surface area contributed by atoms with Gasteiger partial charge in [0.05, 0.1) is 18.6 Å². The molecule has 18 heavy (non-hydrogen) atoms. The van der Waals surface area contributed by atoms with Gasteiger partial charge in [-0.2, -0.15) is 0 Å². The zero-order valence-corrected chi connectivity index (χ0v) is 11.0. The van der Waals surface area contributed by atoms with Gasteiger partial charge in [0.2, 0.25) is 5.91 Å². The van der Waals surface area contributed by atoms with Crippen molar-refractivity contribution < 1.29 is 9.90 Å². The van der Waals surface area contributed by atoms with Gasteiger partial charge >= 0.3 is 0 Å². The highest BCUT2D eigenvalue weighted by molar-refractivity contribution is 6.30. The number of hydrogen-bond acceptors (Lipinski definition) is 2. The minimum atomic E-state index is -0.395. The Kier molecular flexibility index (Phi) is 4.61. The van der Waals surface area contributed by atoms with Crippen molar-refractivity contribution in [2.45, 2.75) is 44.2 Å². The summed E-state index contributed by atoms with van der Waals surface area (Å²) in [7, 11) is 0. The van der Waals surface area contributed by atoms with E-state index >= 15 is 0 Å². The average Bonchev–Trinajstić information content (AvgIpc) is 2.35. The second-order valence-corrected chi connectivity index (χ2v) is 5.27. The molecular formula is C14H18ClNO2. The Balaban J connectivity index is 1.86. The van der Waals surface area contributed by atoms with Gasteiger partial charge in [-0.25, -0.2) is 0 Å². The van der Waals surface area contributed by atoms with E-state index in [1.165, 1.54) is 0 Å². The molecule has 2 rings (SSSR count). The van der Waals surface area contributed by atoms with Crippen molar-refractivity contribution >= 4 is 17.5 Å². The third-order valence-electron chi connectivity index (χ3n) is 3.35. The molecule has 1 amide bonds. The number of aliphatic hydroxyl groups is 1. The summed E-state index contributed by atoms with van der Waals surface area (Å²) in [6.07, 6.45) is 3.71. The minimum absolute atomic E-state index is 0.0386. The molecule has 0 unspecified atom stereocenters. The summed E-state index contributed by atoms with van der Waals surface area (Å²) in [5, 5.41) is 13.4. The molecule has 1 saturated carbocycles. The first kappa shape index (κ1) is 13.4. The Hall–Kier alpha value is -1.06. The zero-order valence-electron chi connectivity index (χ0n) is 10.2. The number of amides is 1. The Morgan fingerprint density at radius 3 is 2.61 bits per heavy atom. The van der Waals surface area contributed by atoms with Crippen LogP contribution in [0.25, 0.3) is 0 Å². The third-order valence-corrected chi connectivity index (χ3v) is 3.61. The highest BCUT2D eigenvalue weighted by Gasteiger charge is 2.24. The fraction of sp³-hybridized carbons (Fsp3) is 0.500. The number of carbonyl (C=O) groups is 1. The number of aliphatic hydroxyl groups excluding tert-OH is 1. The molecule has 1 aliphatic rings. The number of benzene rings is 1. The molecule has 98 valence electrons. The van der Waals surface area contributed by atoms with Crippen molar-refractivity contribution in [3.05, 3.63) is 34.9 Å². The summed E-state index contributed by atoms with van der Waals surface area (Å²) >= 11 is 5.79. The third kappa shape index (κ3) is 3.72. The van der Waals surface area contributed by atoms with E-state index in [0.717, 1.165) is 31.2 Å². The molecule has 0 heterocycles. The van der Waals surface area contributed by atoms with Crippen LogP contribution in [0.15, 0.2) is 24.3 Å². The quantitative estimate of drug-likeness (QED) is 0.883.